The summed E-state index contributed by atoms with van der Waals surface area (Å²) in [6.45, 7) is 18.0. The fraction of sp³-hybridized carbons (Fsp3) is 0.485. The Balaban J connectivity index is 0.000000227. The topological polar surface area (TPSA) is 193 Å². The second-order valence-corrected chi connectivity index (χ2v) is 21.7. The highest BCUT2D eigenvalue weighted by atomic mass is 79.9. The molecule has 5 aromatic rings. The van der Waals surface area contributed by atoms with Crippen LogP contribution in [0, 0.1) is 0 Å². The third-order valence-corrected chi connectivity index (χ3v) is 11.0. The van der Waals surface area contributed by atoms with E-state index >= 15 is 0 Å². The smallest absolute Gasteiger partial charge is 0.255 e. The average Bonchev–Trinajstić information content (AvgIpc) is 3.77. The second kappa shape index (κ2) is 15.7. The first kappa shape index (κ1) is 39.2. The number of carbonyl (C=O) groups is 2. The average molecular weight is 789 g/mol. The highest BCUT2D eigenvalue weighted by Crippen LogP contribution is 2.24. The Labute approximate surface area is 304 Å². The number of rotatable bonds is 12. The van der Waals surface area contributed by atoms with Crippen molar-refractivity contribution in [1.82, 2.24) is 45.1 Å². The predicted octanol–water partition coefficient (Wildman–Crippen LogP) is 5.37. The molecule has 5 aromatic heterocycles. The van der Waals surface area contributed by atoms with Crippen molar-refractivity contribution in [2.45, 2.75) is 97.2 Å². The monoisotopic (exact) mass is 787 g/mol. The largest absolute Gasteiger partial charge is 0.388 e. The lowest BCUT2D eigenvalue weighted by Crippen LogP contribution is -2.47. The molecule has 0 unspecified atom stereocenters. The molecule has 17 heteroatoms. The van der Waals surface area contributed by atoms with Crippen molar-refractivity contribution in [1.29, 1.82) is 0 Å². The number of aromatic nitrogens is 7. The van der Waals surface area contributed by atoms with Crippen molar-refractivity contribution >= 4 is 69.5 Å². The summed E-state index contributed by atoms with van der Waals surface area (Å²) in [4.78, 5) is 49.9. The Morgan fingerprint density at radius 2 is 1.62 bits per heavy atom. The molecule has 2 atom stereocenters. The Morgan fingerprint density at radius 3 is 2.20 bits per heavy atom. The number of nitrogens with zero attached hydrogens (tertiary/aromatic N) is 6. The van der Waals surface area contributed by atoms with E-state index in [-0.39, 0.29) is 11.8 Å². The Bertz CT molecular complexity index is 1930. The van der Waals surface area contributed by atoms with E-state index in [2.05, 4.69) is 76.1 Å². The van der Waals surface area contributed by atoms with Gasteiger partial charge in [-0.3, -0.25) is 9.59 Å². The zero-order chi connectivity index (χ0) is 37.0. The lowest BCUT2D eigenvalue weighted by Gasteiger charge is -2.26. The summed E-state index contributed by atoms with van der Waals surface area (Å²) < 4.78 is 8.16. The lowest BCUT2D eigenvalue weighted by molar-refractivity contribution is 0.0408. The van der Waals surface area contributed by atoms with Gasteiger partial charge in [0.15, 0.2) is 11.3 Å². The summed E-state index contributed by atoms with van der Waals surface area (Å²) in [5.41, 5.74) is 1.48. The van der Waals surface area contributed by atoms with E-state index in [4.69, 9.17) is 4.74 Å². The number of aliphatic hydroxyl groups is 2. The number of aromatic amines is 1. The van der Waals surface area contributed by atoms with Crippen molar-refractivity contribution in [2.75, 3.05) is 6.61 Å². The third kappa shape index (κ3) is 10.2. The van der Waals surface area contributed by atoms with E-state index in [0.717, 1.165) is 11.1 Å². The number of H-pyrrole nitrogens is 1. The lowest BCUT2D eigenvalue weighted by atomic mass is 10.0. The molecule has 0 aliphatic rings. The number of ether oxygens (including phenoxy) is 1. The van der Waals surface area contributed by atoms with Crippen LogP contribution in [0.1, 0.15) is 62.3 Å². The van der Waals surface area contributed by atoms with Gasteiger partial charge in [0.2, 0.25) is 0 Å². The van der Waals surface area contributed by atoms with Crippen LogP contribution in [0.2, 0.25) is 25.7 Å². The normalized spacial score (nSPS) is 13.5. The summed E-state index contributed by atoms with van der Waals surface area (Å²) in [5.74, 6) is -0.612. The molecule has 0 saturated carbocycles. The van der Waals surface area contributed by atoms with Crippen molar-refractivity contribution < 1.29 is 24.5 Å². The zero-order valence-electron chi connectivity index (χ0n) is 29.8. The van der Waals surface area contributed by atoms with Gasteiger partial charge in [0, 0.05) is 38.7 Å². The van der Waals surface area contributed by atoms with Crippen LogP contribution in [0.15, 0.2) is 41.0 Å². The molecule has 5 rings (SSSR count). The van der Waals surface area contributed by atoms with E-state index in [1.165, 1.54) is 11.3 Å². The molecular weight excluding hydrogens is 742 g/mol. The van der Waals surface area contributed by atoms with E-state index < -0.39 is 31.4 Å². The van der Waals surface area contributed by atoms with Gasteiger partial charge in [0.1, 0.15) is 33.1 Å². The minimum Gasteiger partial charge on any atom is -0.388 e. The van der Waals surface area contributed by atoms with Gasteiger partial charge in [-0.2, -0.15) is 0 Å². The van der Waals surface area contributed by atoms with E-state index in [9.17, 15) is 19.8 Å². The maximum absolute atomic E-state index is 12.7. The first-order valence-corrected chi connectivity index (χ1v) is 21.5. The van der Waals surface area contributed by atoms with Crippen molar-refractivity contribution in [3.8, 4) is 10.7 Å². The fourth-order valence-electron chi connectivity index (χ4n) is 4.26. The van der Waals surface area contributed by atoms with Crippen molar-refractivity contribution in [3.05, 3.63) is 52.1 Å². The van der Waals surface area contributed by atoms with Gasteiger partial charge in [-0.25, -0.2) is 24.9 Å². The standard InChI is InChI=1S/C18H29BrN4O3Si.C15H17N5O2S/c1-12(18(2,3)25)21-17(24)13-10-23(11-26-7-8-27(4,5)6)16-15(13)22-14(19)9-20-16;1-8(15(2,3)22)19-13(21)9-6-17-12-11(9)20-10(7-18-12)14-16-4-5-23-14/h9-10,12,25H,7-8,11H2,1-6H3,(H,21,24);4-8,22H,1-3H3,(H,17,18)(H,19,21)/t12-;8-/m11/s1. The van der Waals surface area contributed by atoms with Crippen molar-refractivity contribution in [3.63, 3.8) is 0 Å². The SMILES string of the molecule is C[C@@H](NC(=O)c1c[nH]c2ncc(-c3nccs3)nc12)C(C)(C)O.C[C@@H](NC(=O)c1cn(COCC[Si](C)(C)C)c2ncc(Br)nc12)C(C)(C)O. The zero-order valence-corrected chi connectivity index (χ0v) is 33.2. The van der Waals surface area contributed by atoms with Gasteiger partial charge >= 0.3 is 0 Å². The minimum atomic E-state index is -1.16. The van der Waals surface area contributed by atoms with Crippen LogP contribution >= 0.6 is 27.3 Å². The van der Waals surface area contributed by atoms with Crippen LogP contribution in [0.3, 0.4) is 0 Å². The van der Waals surface area contributed by atoms with Crippen LogP contribution in [0.4, 0.5) is 0 Å². The minimum absolute atomic E-state index is 0.303. The number of nitrogens with one attached hydrogen (secondary N) is 3. The van der Waals surface area contributed by atoms with Gasteiger partial charge in [0.25, 0.3) is 11.8 Å². The second-order valence-electron chi connectivity index (χ2n) is 14.4. The summed E-state index contributed by atoms with van der Waals surface area (Å²) in [7, 11) is -1.16. The Morgan fingerprint density at radius 1 is 0.980 bits per heavy atom. The number of hydrogen-bond donors (Lipinski definition) is 5. The van der Waals surface area contributed by atoms with Gasteiger partial charge < -0.3 is 35.1 Å². The van der Waals surface area contributed by atoms with Gasteiger partial charge in [-0.15, -0.1) is 11.3 Å². The maximum atomic E-state index is 12.7. The molecule has 270 valence electrons. The highest BCUT2D eigenvalue weighted by Gasteiger charge is 2.27. The van der Waals surface area contributed by atoms with Crippen LogP contribution < -0.4 is 10.6 Å². The number of carbonyl (C=O) groups excluding carboxylic acids is 2. The Kier molecular flexibility index (Phi) is 12.3. The molecule has 0 radical (unpaired) electrons. The van der Waals surface area contributed by atoms with Crippen LogP contribution in [0.25, 0.3) is 33.0 Å². The molecule has 5 heterocycles. The summed E-state index contributed by atoms with van der Waals surface area (Å²) in [6.07, 6.45) is 8.20. The molecule has 5 N–H and O–H groups in total. The number of thiazole rings is 1. The predicted molar refractivity (Wildman–Crippen MR) is 201 cm³/mol. The quantitative estimate of drug-likeness (QED) is 0.0812. The molecule has 0 aliphatic carbocycles. The fourth-order valence-corrected chi connectivity index (χ4v) is 5.88. The summed E-state index contributed by atoms with van der Waals surface area (Å²) >= 11 is 4.77. The molecule has 50 heavy (non-hydrogen) atoms. The Hall–Kier alpha value is -3.61. The molecule has 0 saturated heterocycles. The van der Waals surface area contributed by atoms with E-state index in [0.29, 0.717) is 57.1 Å². The van der Waals surface area contributed by atoms with Crippen molar-refractivity contribution in [2.24, 2.45) is 0 Å². The molecular formula is C33H46BrN9O5SSi. The molecule has 0 aliphatic heterocycles. The van der Waals surface area contributed by atoms with Gasteiger partial charge in [-0.1, -0.05) is 19.6 Å². The summed E-state index contributed by atoms with van der Waals surface area (Å²) in [5, 5.41) is 28.3. The van der Waals surface area contributed by atoms with Crippen LogP contribution in [0.5, 0.6) is 0 Å². The first-order chi connectivity index (χ1) is 23.2. The molecule has 0 spiro atoms. The molecule has 14 nitrogen and oxygen atoms in total. The van der Waals surface area contributed by atoms with Gasteiger partial charge in [-0.05, 0) is 63.5 Å². The van der Waals surface area contributed by atoms with E-state index in [1.54, 1.807) is 77.1 Å². The highest BCUT2D eigenvalue weighted by molar-refractivity contribution is 9.10. The third-order valence-electron chi connectivity index (χ3n) is 8.10. The molecule has 0 bridgehead atoms. The molecule has 0 aromatic carbocycles. The number of hydrogen-bond acceptors (Lipinski definition) is 11. The van der Waals surface area contributed by atoms with Crippen LogP contribution in [-0.4, -0.2) is 94.5 Å². The molecule has 2 amide bonds. The maximum Gasteiger partial charge on any atom is 0.255 e. The number of halogens is 1. The first-order valence-electron chi connectivity index (χ1n) is 16.1. The summed E-state index contributed by atoms with van der Waals surface area (Å²) in [6, 6.07) is 0.242. The van der Waals surface area contributed by atoms with Crippen LogP contribution in [-0.2, 0) is 11.5 Å². The van der Waals surface area contributed by atoms with E-state index in [1.807, 2.05) is 5.38 Å². The number of fused-ring (bicyclic) bond motifs is 2. The number of amides is 2. The molecule has 0 fully saturated rings. The van der Waals surface area contributed by atoms with Gasteiger partial charge in [0.05, 0.1) is 46.8 Å².